The van der Waals surface area contributed by atoms with E-state index in [2.05, 4.69) is 15.4 Å². The maximum Gasteiger partial charge on any atom is 0.407 e. The van der Waals surface area contributed by atoms with E-state index in [0.29, 0.717) is 29.6 Å². The molecular formula is C23H27N5O5. The van der Waals surface area contributed by atoms with Gasteiger partial charge in [0, 0.05) is 11.6 Å². The average molecular weight is 453 g/mol. The Morgan fingerprint density at radius 2 is 1.85 bits per heavy atom. The molecule has 0 aliphatic carbocycles. The van der Waals surface area contributed by atoms with Gasteiger partial charge in [0.25, 0.3) is 5.91 Å². The summed E-state index contributed by atoms with van der Waals surface area (Å²) in [5.41, 5.74) is 7.12. The van der Waals surface area contributed by atoms with Gasteiger partial charge in [0.1, 0.15) is 18.0 Å². The normalized spacial score (nSPS) is 11.0. The molecule has 2 heterocycles. The topological polar surface area (TPSA) is 131 Å². The number of nitrogens with zero attached hydrogens (tertiary/aromatic N) is 3. The minimum Gasteiger partial charge on any atom is -0.492 e. The molecule has 0 fully saturated rings. The van der Waals surface area contributed by atoms with Crippen molar-refractivity contribution in [3.8, 4) is 28.6 Å². The van der Waals surface area contributed by atoms with Crippen LogP contribution < -0.4 is 20.5 Å². The Bertz CT molecular complexity index is 1100. The molecular weight excluding hydrogens is 426 g/mol. The third kappa shape index (κ3) is 6.45. The summed E-state index contributed by atoms with van der Waals surface area (Å²) in [6.07, 6.45) is 1.10. The zero-order valence-electron chi connectivity index (χ0n) is 19.0. The second-order valence-electron chi connectivity index (χ2n) is 8.05. The lowest BCUT2D eigenvalue weighted by atomic mass is 10.1. The van der Waals surface area contributed by atoms with E-state index in [-0.39, 0.29) is 12.3 Å². The predicted octanol–water partition coefficient (Wildman–Crippen LogP) is 2.95. The summed E-state index contributed by atoms with van der Waals surface area (Å²) < 4.78 is 17.5. The van der Waals surface area contributed by atoms with E-state index < -0.39 is 17.6 Å². The van der Waals surface area contributed by atoms with Gasteiger partial charge in [0.2, 0.25) is 5.88 Å². The number of nitrogens with one attached hydrogen (secondary N) is 1. The predicted molar refractivity (Wildman–Crippen MR) is 122 cm³/mol. The number of hydrogen-bond donors (Lipinski definition) is 2. The Balaban J connectivity index is 1.69. The number of rotatable bonds is 8. The lowest BCUT2D eigenvalue weighted by molar-refractivity contribution is 0.0520. The van der Waals surface area contributed by atoms with Crippen molar-refractivity contribution in [2.75, 3.05) is 20.3 Å². The molecule has 3 N–H and O–H groups in total. The molecule has 10 heteroatoms. The van der Waals surface area contributed by atoms with Crippen LogP contribution >= 0.6 is 0 Å². The number of methoxy groups -OCH3 is 1. The van der Waals surface area contributed by atoms with Crippen molar-refractivity contribution in [3.05, 3.63) is 54.4 Å². The molecule has 0 unspecified atom stereocenters. The smallest absolute Gasteiger partial charge is 0.407 e. The molecule has 0 saturated carbocycles. The zero-order valence-corrected chi connectivity index (χ0v) is 19.0. The van der Waals surface area contributed by atoms with Crippen LogP contribution in [0, 0.1) is 0 Å². The van der Waals surface area contributed by atoms with Crippen LogP contribution in [0.1, 0.15) is 31.3 Å². The summed E-state index contributed by atoms with van der Waals surface area (Å²) in [5, 5.41) is 6.95. The highest BCUT2D eigenvalue weighted by Gasteiger charge is 2.16. The lowest BCUT2D eigenvalue weighted by Gasteiger charge is -2.19. The summed E-state index contributed by atoms with van der Waals surface area (Å²) in [7, 11) is 1.53. The summed E-state index contributed by atoms with van der Waals surface area (Å²) >= 11 is 0. The maximum absolute atomic E-state index is 11.7. The van der Waals surface area contributed by atoms with Crippen LogP contribution in [0.15, 0.2) is 48.7 Å². The number of amides is 2. The number of aromatic nitrogens is 3. The van der Waals surface area contributed by atoms with E-state index in [9.17, 15) is 9.59 Å². The van der Waals surface area contributed by atoms with Gasteiger partial charge in [-0.05, 0) is 57.2 Å². The minimum absolute atomic E-state index is 0.134. The molecule has 33 heavy (non-hydrogen) atoms. The summed E-state index contributed by atoms with van der Waals surface area (Å²) in [6.45, 7) is 5.98. The van der Waals surface area contributed by atoms with Gasteiger partial charge in [-0.25, -0.2) is 14.5 Å². The zero-order chi connectivity index (χ0) is 24.0. The number of hydrogen-bond acceptors (Lipinski definition) is 7. The van der Waals surface area contributed by atoms with Crippen LogP contribution in [0.25, 0.3) is 16.9 Å². The molecule has 1 aromatic carbocycles. The van der Waals surface area contributed by atoms with E-state index in [0.717, 1.165) is 5.56 Å². The van der Waals surface area contributed by atoms with Crippen molar-refractivity contribution in [2.24, 2.45) is 5.73 Å². The second-order valence-corrected chi connectivity index (χ2v) is 8.05. The van der Waals surface area contributed by atoms with E-state index in [1.54, 1.807) is 62.0 Å². The first-order valence-electron chi connectivity index (χ1n) is 10.3. The van der Waals surface area contributed by atoms with Gasteiger partial charge >= 0.3 is 6.09 Å². The largest absolute Gasteiger partial charge is 0.492 e. The molecule has 2 aromatic heterocycles. The first-order valence-corrected chi connectivity index (χ1v) is 10.3. The van der Waals surface area contributed by atoms with E-state index in [1.165, 1.54) is 7.11 Å². The van der Waals surface area contributed by atoms with E-state index in [1.807, 2.05) is 12.1 Å². The Labute approximate surface area is 191 Å². The van der Waals surface area contributed by atoms with Gasteiger partial charge in [-0.3, -0.25) is 4.79 Å². The van der Waals surface area contributed by atoms with Gasteiger partial charge in [-0.1, -0.05) is 0 Å². The highest BCUT2D eigenvalue weighted by molar-refractivity contribution is 5.92. The first-order chi connectivity index (χ1) is 15.7. The monoisotopic (exact) mass is 453 g/mol. The third-order valence-corrected chi connectivity index (χ3v) is 4.33. The van der Waals surface area contributed by atoms with Gasteiger partial charge in [-0.15, -0.1) is 0 Å². The molecule has 0 spiro atoms. The van der Waals surface area contributed by atoms with E-state index >= 15 is 0 Å². The van der Waals surface area contributed by atoms with Gasteiger partial charge in [-0.2, -0.15) is 5.10 Å². The molecule has 0 aliphatic rings. The first kappa shape index (κ1) is 23.6. The number of alkyl carbamates (subject to hydrolysis) is 1. The van der Waals surface area contributed by atoms with Crippen LogP contribution in [-0.4, -0.2) is 52.6 Å². The van der Waals surface area contributed by atoms with E-state index in [4.69, 9.17) is 19.9 Å². The number of carbonyl (C=O) groups excluding carboxylic acids is 2. The summed E-state index contributed by atoms with van der Waals surface area (Å²) in [5.74, 6) is 0.455. The fraction of sp³-hybridized carbons (Fsp3) is 0.304. The molecule has 0 bridgehead atoms. The van der Waals surface area contributed by atoms with Gasteiger partial charge in [0.15, 0.2) is 5.69 Å². The quantitative estimate of drug-likeness (QED) is 0.501. The summed E-state index contributed by atoms with van der Waals surface area (Å²) in [6, 6.07) is 12.4. The van der Waals surface area contributed by atoms with Gasteiger partial charge < -0.3 is 25.3 Å². The molecule has 10 nitrogen and oxygen atoms in total. The van der Waals surface area contributed by atoms with Crippen molar-refractivity contribution in [1.82, 2.24) is 20.1 Å². The number of carbonyl (C=O) groups is 2. The molecule has 0 saturated heterocycles. The lowest BCUT2D eigenvalue weighted by Crippen LogP contribution is -2.34. The third-order valence-electron chi connectivity index (χ3n) is 4.33. The Morgan fingerprint density at radius 3 is 2.42 bits per heavy atom. The van der Waals surface area contributed by atoms with Crippen molar-refractivity contribution >= 4 is 12.0 Å². The van der Waals surface area contributed by atoms with Crippen LogP contribution in [0.4, 0.5) is 4.79 Å². The van der Waals surface area contributed by atoms with Crippen LogP contribution in [0.2, 0.25) is 0 Å². The van der Waals surface area contributed by atoms with Gasteiger partial charge in [0.05, 0.1) is 31.2 Å². The fourth-order valence-corrected chi connectivity index (χ4v) is 2.88. The number of benzene rings is 1. The Hall–Kier alpha value is -4.08. The highest BCUT2D eigenvalue weighted by Crippen LogP contribution is 2.26. The number of ether oxygens (including phenoxy) is 3. The number of nitrogens with two attached hydrogens (primary N) is 1. The standard InChI is InChI=1S/C23H27N5O5/c1-23(2,3)33-22(30)25-11-12-32-17-8-5-15(6-9-17)19-13-18(21(24)29)27-28(19)16-7-10-20(31-4)26-14-16/h5-10,13-14H,11-12H2,1-4H3,(H2,24,29)(H,25,30). The average Bonchev–Trinajstić information content (AvgIpc) is 3.22. The van der Waals surface area contributed by atoms with Crippen molar-refractivity contribution in [3.63, 3.8) is 0 Å². The van der Waals surface area contributed by atoms with Crippen molar-refractivity contribution in [2.45, 2.75) is 26.4 Å². The Kier molecular flexibility index (Phi) is 7.17. The molecule has 0 radical (unpaired) electrons. The SMILES string of the molecule is COc1ccc(-n2nc(C(N)=O)cc2-c2ccc(OCCNC(=O)OC(C)(C)C)cc2)cn1. The highest BCUT2D eigenvalue weighted by atomic mass is 16.6. The fourth-order valence-electron chi connectivity index (χ4n) is 2.88. The molecule has 0 atom stereocenters. The van der Waals surface area contributed by atoms with Crippen molar-refractivity contribution < 1.29 is 23.8 Å². The summed E-state index contributed by atoms with van der Waals surface area (Å²) in [4.78, 5) is 27.6. The van der Waals surface area contributed by atoms with Crippen molar-refractivity contribution in [1.29, 1.82) is 0 Å². The molecule has 0 aliphatic heterocycles. The van der Waals surface area contributed by atoms with Crippen LogP contribution in [-0.2, 0) is 4.74 Å². The number of pyridine rings is 1. The second kappa shape index (κ2) is 10.0. The maximum atomic E-state index is 11.7. The molecule has 174 valence electrons. The van der Waals surface area contributed by atoms with Crippen LogP contribution in [0.5, 0.6) is 11.6 Å². The minimum atomic E-state index is -0.631. The Morgan fingerprint density at radius 1 is 1.12 bits per heavy atom. The molecule has 2 amide bonds. The number of primary amides is 1. The molecule has 3 rings (SSSR count). The van der Waals surface area contributed by atoms with Crippen LogP contribution in [0.3, 0.4) is 0 Å². The molecule has 3 aromatic rings.